The van der Waals surface area contributed by atoms with Gasteiger partial charge in [-0.3, -0.25) is 52.7 Å². The summed E-state index contributed by atoms with van der Waals surface area (Å²) in [6, 6.07) is 29.9. The van der Waals surface area contributed by atoms with E-state index in [1.807, 2.05) is 91.0 Å². The summed E-state index contributed by atoms with van der Waals surface area (Å²) in [6.07, 6.45) is 5.63. The van der Waals surface area contributed by atoms with E-state index in [0.29, 0.717) is 22.7 Å². The zero-order chi connectivity index (χ0) is 83.7. The first-order valence-corrected chi connectivity index (χ1v) is 34.4. The quantitative estimate of drug-likeness (QED) is 0.0219. The van der Waals surface area contributed by atoms with Gasteiger partial charge in [0.15, 0.2) is 63.6 Å². The standard InChI is InChI=1S/C19H20O4.2C18H18O4.C12H16O4.C11H14O4.C8H8O4/c1-12-16(21)15(17(22)19(2,3)18(12)23-4)14(20)11-10-13-8-6-5-7-9-13;1-10-15(20)14-12(19)9-13(11-7-5-4-6-8-11)22-17(14)18(2,3)16(10)21;1-11-15(20)14(17(22)18(2,3)16(11)21)13(19)10-9-12-7-5-4-6-8-12;1-6-9(14)8(7(2)13)10(15)12(3,4)11(6)16-5;1-5-8(13)7(6(2)12)10(15)11(3,4)9(5)14;1-4(9)8-6(11)2-5(10)3-7(8)12/h5-11,21H,1-4H3;4-8,13,20H,9H2,1-3H3;4-10,19-20H,1-3H3;14H,1-5H3;13-14H,1-4H3;2-3,10-12H,1H3/b11-10+;;10-9+,14-13+;;;. The van der Waals surface area contributed by atoms with Crippen molar-refractivity contribution in [2.24, 2.45) is 27.1 Å². The Morgan fingerprint density at radius 3 is 1.25 bits per heavy atom. The lowest BCUT2D eigenvalue weighted by molar-refractivity contribution is -0.136. The minimum Gasteiger partial charge on any atom is -0.511 e. The highest BCUT2D eigenvalue weighted by Crippen LogP contribution is 2.48. The summed E-state index contributed by atoms with van der Waals surface area (Å²) in [6.45, 7) is 27.6. The normalized spacial score (nSPS) is 19.6. The molecule has 0 radical (unpaired) electrons. The number of phenols is 3. The molecule has 0 saturated heterocycles. The number of aliphatic hydroxyl groups excluding tert-OH is 7. The highest BCUT2D eigenvalue weighted by Gasteiger charge is 2.50. The van der Waals surface area contributed by atoms with Crippen molar-refractivity contribution < 1.29 is 118 Å². The van der Waals surface area contributed by atoms with Crippen molar-refractivity contribution >= 4 is 75.8 Å². The van der Waals surface area contributed by atoms with Gasteiger partial charge in [-0.1, -0.05) is 103 Å². The number of allylic oxidation sites excluding steroid dienone is 16. The lowest BCUT2D eigenvalue weighted by atomic mass is 9.72. The molecule has 0 aromatic heterocycles. The van der Waals surface area contributed by atoms with Gasteiger partial charge in [0.2, 0.25) is 0 Å². The minimum atomic E-state index is -1.29. The number of hydrogen-bond acceptors (Lipinski definition) is 24. The summed E-state index contributed by atoms with van der Waals surface area (Å²) >= 11 is 0. The van der Waals surface area contributed by atoms with Crippen molar-refractivity contribution in [1.82, 2.24) is 0 Å². The first-order valence-electron chi connectivity index (χ1n) is 34.4. The Bertz CT molecular complexity index is 4880. The molecule has 0 spiro atoms. The van der Waals surface area contributed by atoms with Crippen LogP contribution in [0.2, 0.25) is 0 Å². The van der Waals surface area contributed by atoms with Crippen molar-refractivity contribution in [3.8, 4) is 17.2 Å². The van der Waals surface area contributed by atoms with Gasteiger partial charge in [-0.05, 0) is 153 Å². The summed E-state index contributed by atoms with van der Waals surface area (Å²) in [7, 11) is 2.89. The Labute approximate surface area is 637 Å². The monoisotopic (exact) mass is 1510 g/mol. The van der Waals surface area contributed by atoms with Gasteiger partial charge in [0.25, 0.3) is 0 Å². The van der Waals surface area contributed by atoms with Gasteiger partial charge in [-0.15, -0.1) is 0 Å². The fourth-order valence-electron chi connectivity index (χ4n) is 12.8. The molecule has 0 saturated carbocycles. The molecule has 1 atom stereocenters. The van der Waals surface area contributed by atoms with Crippen LogP contribution in [0.25, 0.3) is 12.2 Å². The van der Waals surface area contributed by atoms with Crippen LogP contribution in [0.5, 0.6) is 17.2 Å². The molecule has 24 heteroatoms. The van der Waals surface area contributed by atoms with Crippen molar-refractivity contribution in [2.45, 2.75) is 137 Å². The largest absolute Gasteiger partial charge is 0.511 e. The van der Waals surface area contributed by atoms with Crippen LogP contribution >= 0.6 is 0 Å². The molecule has 0 amide bonds. The SMILES string of the molecule is CC(=O)C1=C(O)C(C)=C(O)C(C)(C)C1=O.CC(=O)c1c(O)cc(O)cc1O.CC1=C(O)/C(=C(O)/C=C/c2ccccc2)C(=O)C(C)(C)C1=O.CC1=C(O)C2=C(OC(c3ccccc3)CC2=O)C(C)(C)C1=O.COC1=C(C)C(O)=C(C(=O)/C=C/c2ccccc2)C(=O)C1(C)C.COC1=C(C)C(O)=C(C(C)=O)C(=O)C1(C)C. The van der Waals surface area contributed by atoms with E-state index in [1.165, 1.54) is 88.7 Å². The maximum Gasteiger partial charge on any atom is 0.193 e. The van der Waals surface area contributed by atoms with E-state index in [9.17, 15) is 88.5 Å². The van der Waals surface area contributed by atoms with Gasteiger partial charge in [0.1, 0.15) is 109 Å². The third-order valence-electron chi connectivity index (χ3n) is 19.1. The topological polar surface area (TPSA) is 418 Å². The number of carbonyl (C=O) groups excluding carboxylic acids is 11. The second-order valence-electron chi connectivity index (χ2n) is 29.0. The maximum absolute atomic E-state index is 12.6. The van der Waals surface area contributed by atoms with Crippen molar-refractivity contribution in [2.75, 3.05) is 14.2 Å². The number of ether oxygens (including phenoxy) is 3. The van der Waals surface area contributed by atoms with Crippen molar-refractivity contribution in [3.63, 3.8) is 0 Å². The van der Waals surface area contributed by atoms with Crippen LogP contribution < -0.4 is 0 Å². The summed E-state index contributed by atoms with van der Waals surface area (Å²) in [5.41, 5.74) is -2.16. The molecule has 582 valence electrons. The molecule has 0 fully saturated rings. The summed E-state index contributed by atoms with van der Waals surface area (Å²) < 4.78 is 16.4. The number of aromatic hydroxyl groups is 3. The van der Waals surface area contributed by atoms with Gasteiger partial charge >= 0.3 is 0 Å². The number of rotatable bonds is 11. The molecular formula is C86H94O24. The first kappa shape index (κ1) is 88.2. The Morgan fingerprint density at radius 1 is 0.436 bits per heavy atom. The first-order chi connectivity index (χ1) is 50.9. The smallest absolute Gasteiger partial charge is 0.193 e. The van der Waals surface area contributed by atoms with E-state index in [4.69, 9.17) is 29.5 Å². The Kier molecular flexibility index (Phi) is 27.7. The number of carbonyl (C=O) groups is 11. The third kappa shape index (κ3) is 18.0. The minimum absolute atomic E-state index is 0.0826. The van der Waals surface area contributed by atoms with Gasteiger partial charge in [0.05, 0.1) is 53.3 Å². The van der Waals surface area contributed by atoms with Crippen LogP contribution in [0.4, 0.5) is 0 Å². The van der Waals surface area contributed by atoms with Crippen LogP contribution in [-0.2, 0) is 62.2 Å². The summed E-state index contributed by atoms with van der Waals surface area (Å²) in [5.74, 6) is -6.98. The molecule has 24 nitrogen and oxygen atoms in total. The molecule has 10 N–H and O–H groups in total. The second-order valence-corrected chi connectivity index (χ2v) is 29.0. The summed E-state index contributed by atoms with van der Waals surface area (Å²) in [5, 5.41) is 96.9. The third-order valence-corrected chi connectivity index (χ3v) is 19.1. The van der Waals surface area contributed by atoms with Crippen LogP contribution in [0, 0.1) is 27.1 Å². The Hall–Kier alpha value is -12.5. The number of ketones is 11. The van der Waals surface area contributed by atoms with Crippen molar-refractivity contribution in [1.29, 1.82) is 0 Å². The number of Topliss-reactive ketones (excluding diaryl/α,β-unsaturated/α-hetero) is 10. The van der Waals surface area contributed by atoms with Crippen molar-refractivity contribution in [3.05, 3.63) is 251 Å². The molecule has 6 aliphatic rings. The fourth-order valence-corrected chi connectivity index (χ4v) is 12.8. The van der Waals surface area contributed by atoms with Crippen LogP contribution in [0.3, 0.4) is 0 Å². The van der Waals surface area contributed by atoms with E-state index in [0.717, 1.165) is 28.8 Å². The molecule has 1 heterocycles. The van der Waals surface area contributed by atoms with E-state index in [1.54, 1.807) is 74.5 Å². The molecule has 0 bridgehead atoms. The second kappa shape index (κ2) is 34.6. The number of aliphatic hydroxyl groups is 7. The van der Waals surface area contributed by atoms with Crippen LogP contribution in [0.1, 0.15) is 164 Å². The van der Waals surface area contributed by atoms with Gasteiger partial charge < -0.3 is 65.3 Å². The van der Waals surface area contributed by atoms with Crippen LogP contribution in [-0.4, -0.2) is 129 Å². The fraction of sp³-hybridized carbons (Fsp3) is 0.314. The van der Waals surface area contributed by atoms with Gasteiger partial charge in [-0.25, -0.2) is 0 Å². The maximum atomic E-state index is 12.6. The summed E-state index contributed by atoms with van der Waals surface area (Å²) in [4.78, 5) is 132. The number of hydrogen-bond donors (Lipinski definition) is 10. The predicted molar refractivity (Wildman–Crippen MR) is 409 cm³/mol. The van der Waals surface area contributed by atoms with E-state index in [-0.39, 0.29) is 108 Å². The Balaban J connectivity index is 0.000000239. The molecule has 1 aliphatic heterocycles. The van der Waals surface area contributed by atoms with E-state index < -0.39 is 108 Å². The van der Waals surface area contributed by atoms with Gasteiger partial charge in [-0.2, -0.15) is 0 Å². The molecule has 5 aliphatic carbocycles. The lowest BCUT2D eigenvalue weighted by Crippen LogP contribution is -2.40. The van der Waals surface area contributed by atoms with E-state index in [2.05, 4.69) is 0 Å². The van der Waals surface area contributed by atoms with E-state index >= 15 is 0 Å². The number of benzene rings is 4. The van der Waals surface area contributed by atoms with Crippen LogP contribution in [0.15, 0.2) is 229 Å². The predicted octanol–water partition coefficient (Wildman–Crippen LogP) is 15.3. The average Bonchev–Trinajstić information content (AvgIpc) is 0.733. The number of methoxy groups -OCH3 is 2. The molecule has 10 rings (SSSR count). The number of phenolic OH excluding ortho intramolecular Hbond substituents is 3. The molecule has 4 aromatic carbocycles. The Morgan fingerprint density at radius 2 is 0.818 bits per heavy atom. The highest BCUT2D eigenvalue weighted by molar-refractivity contribution is 6.28. The zero-order valence-corrected chi connectivity index (χ0v) is 65.1. The molecule has 110 heavy (non-hydrogen) atoms. The lowest BCUT2D eigenvalue weighted by Gasteiger charge is -2.38. The average molecular weight is 1510 g/mol. The highest BCUT2D eigenvalue weighted by atomic mass is 16.5. The zero-order valence-electron chi connectivity index (χ0n) is 65.1. The van der Waals surface area contributed by atoms with Gasteiger partial charge in [0, 0.05) is 40.0 Å². The molecule has 4 aromatic rings. The molecule has 1 unspecified atom stereocenters. The molecular weight excluding hydrogens is 1420 g/mol.